The molecule has 0 heterocycles. The number of aromatic carboxylic acids is 1. The highest BCUT2D eigenvalue weighted by Gasteiger charge is 2.21. The van der Waals surface area contributed by atoms with Gasteiger partial charge in [-0.1, -0.05) is 23.8 Å². The first-order chi connectivity index (χ1) is 10.3. The first kappa shape index (κ1) is 15.8. The Labute approximate surface area is 128 Å². The van der Waals surface area contributed by atoms with Gasteiger partial charge in [-0.05, 0) is 31.2 Å². The van der Waals surface area contributed by atoms with E-state index in [9.17, 15) is 18.3 Å². The molecule has 0 radical (unpaired) electrons. The van der Waals surface area contributed by atoms with Gasteiger partial charge in [0.1, 0.15) is 11.4 Å². The lowest BCUT2D eigenvalue weighted by molar-refractivity contribution is 0.0697. The summed E-state index contributed by atoms with van der Waals surface area (Å²) in [4.78, 5) is 11.3. The summed E-state index contributed by atoms with van der Waals surface area (Å²) in [7, 11) is -2.57. The maximum Gasteiger partial charge on any atom is 0.337 e. The van der Waals surface area contributed by atoms with Gasteiger partial charge in [0.15, 0.2) is 0 Å². The number of carboxylic acid groups (broad SMARTS) is 1. The van der Waals surface area contributed by atoms with Crippen LogP contribution in [0.1, 0.15) is 15.9 Å². The summed E-state index contributed by atoms with van der Waals surface area (Å²) in [6, 6.07) is 10.5. The molecule has 0 bridgehead atoms. The third kappa shape index (κ3) is 3.20. The van der Waals surface area contributed by atoms with Crippen molar-refractivity contribution in [3.63, 3.8) is 0 Å². The molecule has 0 unspecified atom stereocenters. The van der Waals surface area contributed by atoms with Crippen LogP contribution in [0.3, 0.4) is 0 Å². The average Bonchev–Trinajstić information content (AvgIpc) is 2.47. The summed E-state index contributed by atoms with van der Waals surface area (Å²) < 4.78 is 32.1. The number of carbonyl (C=O) groups is 1. The van der Waals surface area contributed by atoms with Crippen LogP contribution < -0.4 is 9.46 Å². The van der Waals surface area contributed by atoms with Gasteiger partial charge in [0, 0.05) is 0 Å². The molecule has 116 valence electrons. The fraction of sp³-hybridized carbons (Fsp3) is 0.133. The summed E-state index contributed by atoms with van der Waals surface area (Å²) in [5, 5.41) is 9.20. The highest BCUT2D eigenvalue weighted by atomic mass is 32.2. The molecule has 0 atom stereocenters. The molecule has 2 N–H and O–H groups in total. The molecular weight excluding hydrogens is 306 g/mol. The van der Waals surface area contributed by atoms with Gasteiger partial charge in [0.25, 0.3) is 10.0 Å². The minimum atomic E-state index is -3.91. The highest BCUT2D eigenvalue weighted by Crippen LogP contribution is 2.30. The van der Waals surface area contributed by atoms with Crippen molar-refractivity contribution in [3.05, 3.63) is 53.6 Å². The maximum atomic E-state index is 12.4. The van der Waals surface area contributed by atoms with Crippen LogP contribution in [0.15, 0.2) is 47.4 Å². The second-order valence-electron chi connectivity index (χ2n) is 4.61. The Morgan fingerprint density at radius 3 is 2.32 bits per heavy atom. The van der Waals surface area contributed by atoms with E-state index in [-0.39, 0.29) is 21.9 Å². The number of benzene rings is 2. The summed E-state index contributed by atoms with van der Waals surface area (Å²) in [6.45, 7) is 1.84. The first-order valence-corrected chi connectivity index (χ1v) is 7.83. The number of sulfonamides is 1. The predicted octanol–water partition coefficient (Wildman–Crippen LogP) is 2.50. The van der Waals surface area contributed by atoms with Crippen LogP contribution in [0.2, 0.25) is 0 Å². The van der Waals surface area contributed by atoms with Crippen LogP contribution in [0.5, 0.6) is 5.75 Å². The number of aryl methyl sites for hydroxylation is 1. The molecule has 0 fully saturated rings. The zero-order valence-corrected chi connectivity index (χ0v) is 12.8. The molecule has 0 aliphatic carbocycles. The molecule has 0 saturated carbocycles. The minimum Gasteiger partial charge on any atom is -0.495 e. The molecular formula is C15H15NO5S. The molecule has 2 aromatic carbocycles. The third-order valence-corrected chi connectivity index (χ3v) is 4.41. The molecule has 0 amide bonds. The van der Waals surface area contributed by atoms with E-state index in [1.54, 1.807) is 12.1 Å². The number of nitrogens with one attached hydrogen (secondary N) is 1. The Morgan fingerprint density at radius 2 is 1.77 bits per heavy atom. The fourth-order valence-electron chi connectivity index (χ4n) is 1.90. The molecule has 0 saturated heterocycles. The summed E-state index contributed by atoms with van der Waals surface area (Å²) in [5.41, 5.74) is 0.635. The first-order valence-electron chi connectivity index (χ1n) is 6.35. The molecule has 0 spiro atoms. The van der Waals surface area contributed by atoms with Crippen molar-refractivity contribution in [1.29, 1.82) is 0 Å². The smallest absolute Gasteiger partial charge is 0.337 e. The number of hydrogen-bond donors (Lipinski definition) is 2. The van der Waals surface area contributed by atoms with Crippen LogP contribution in [0, 0.1) is 6.92 Å². The van der Waals surface area contributed by atoms with Gasteiger partial charge in [0.05, 0.1) is 17.6 Å². The zero-order valence-electron chi connectivity index (χ0n) is 12.0. The summed E-state index contributed by atoms with van der Waals surface area (Å²) in [6.07, 6.45) is 0. The monoisotopic (exact) mass is 321 g/mol. The average molecular weight is 321 g/mol. The van der Waals surface area contributed by atoms with Gasteiger partial charge in [-0.25, -0.2) is 13.2 Å². The van der Waals surface area contributed by atoms with E-state index in [4.69, 9.17) is 4.74 Å². The van der Waals surface area contributed by atoms with E-state index >= 15 is 0 Å². The highest BCUT2D eigenvalue weighted by molar-refractivity contribution is 7.92. The molecule has 6 nitrogen and oxygen atoms in total. The molecule has 0 aromatic heterocycles. The lowest BCUT2D eigenvalue weighted by Crippen LogP contribution is -2.16. The Hall–Kier alpha value is -2.54. The van der Waals surface area contributed by atoms with Crippen molar-refractivity contribution >= 4 is 21.7 Å². The molecule has 0 aliphatic heterocycles. The SMILES string of the molecule is COc1cccc(C(=O)O)c1NS(=O)(=O)c1ccc(C)cc1. The number of rotatable bonds is 5. The lowest BCUT2D eigenvalue weighted by Gasteiger charge is -2.14. The van der Waals surface area contributed by atoms with E-state index in [0.29, 0.717) is 0 Å². The summed E-state index contributed by atoms with van der Waals surface area (Å²) in [5.74, 6) is -1.11. The third-order valence-electron chi connectivity index (χ3n) is 3.04. The maximum absolute atomic E-state index is 12.4. The van der Waals surface area contributed by atoms with E-state index in [0.717, 1.165) is 5.56 Å². The molecule has 7 heteroatoms. The van der Waals surface area contributed by atoms with Crippen molar-refractivity contribution < 1.29 is 23.1 Å². The van der Waals surface area contributed by atoms with Crippen LogP contribution in [-0.2, 0) is 10.0 Å². The topological polar surface area (TPSA) is 92.7 Å². The number of anilines is 1. The second kappa shape index (κ2) is 6.07. The quantitative estimate of drug-likeness (QED) is 0.882. The second-order valence-corrected chi connectivity index (χ2v) is 6.29. The van der Waals surface area contributed by atoms with E-state index in [1.807, 2.05) is 6.92 Å². The van der Waals surface area contributed by atoms with Gasteiger partial charge in [-0.3, -0.25) is 4.72 Å². The van der Waals surface area contributed by atoms with Crippen LogP contribution in [0.4, 0.5) is 5.69 Å². The Morgan fingerprint density at radius 1 is 1.14 bits per heavy atom. The van der Waals surface area contributed by atoms with Gasteiger partial charge in [0.2, 0.25) is 0 Å². The largest absolute Gasteiger partial charge is 0.495 e. The van der Waals surface area contributed by atoms with Crippen LogP contribution in [0.25, 0.3) is 0 Å². The number of hydrogen-bond acceptors (Lipinski definition) is 4. The molecule has 22 heavy (non-hydrogen) atoms. The van der Waals surface area contributed by atoms with Crippen LogP contribution in [-0.4, -0.2) is 26.6 Å². The van der Waals surface area contributed by atoms with Crippen molar-refractivity contribution in [2.45, 2.75) is 11.8 Å². The van der Waals surface area contributed by atoms with E-state index in [2.05, 4.69) is 4.72 Å². The van der Waals surface area contributed by atoms with Crippen molar-refractivity contribution in [2.75, 3.05) is 11.8 Å². The van der Waals surface area contributed by atoms with Crippen molar-refractivity contribution in [2.24, 2.45) is 0 Å². The molecule has 0 aliphatic rings. The zero-order chi connectivity index (χ0) is 16.3. The normalized spacial score (nSPS) is 11.0. The standard InChI is InChI=1S/C15H15NO5S/c1-10-6-8-11(9-7-10)22(19,20)16-14-12(15(17)18)4-3-5-13(14)21-2/h3-9,16H,1-2H3,(H,17,18). The van der Waals surface area contributed by atoms with E-state index < -0.39 is 16.0 Å². The van der Waals surface area contributed by atoms with Crippen molar-refractivity contribution in [1.82, 2.24) is 0 Å². The van der Waals surface area contributed by atoms with Gasteiger partial charge in [-0.2, -0.15) is 0 Å². The minimum absolute atomic E-state index is 0.0420. The Kier molecular flexibility index (Phi) is 4.37. The Balaban J connectivity index is 2.49. The fourth-order valence-corrected chi connectivity index (χ4v) is 2.99. The molecule has 2 rings (SSSR count). The predicted molar refractivity (Wildman–Crippen MR) is 81.9 cm³/mol. The van der Waals surface area contributed by atoms with Gasteiger partial charge < -0.3 is 9.84 Å². The summed E-state index contributed by atoms with van der Waals surface area (Å²) >= 11 is 0. The Bertz CT molecular complexity index is 797. The van der Waals surface area contributed by atoms with Crippen LogP contribution >= 0.6 is 0 Å². The van der Waals surface area contributed by atoms with Gasteiger partial charge >= 0.3 is 5.97 Å². The van der Waals surface area contributed by atoms with Gasteiger partial charge in [-0.15, -0.1) is 0 Å². The lowest BCUT2D eigenvalue weighted by atomic mass is 10.1. The number of ether oxygens (including phenoxy) is 1. The van der Waals surface area contributed by atoms with E-state index in [1.165, 1.54) is 37.4 Å². The number of para-hydroxylation sites is 1. The number of carboxylic acids is 1. The van der Waals surface area contributed by atoms with Crippen molar-refractivity contribution in [3.8, 4) is 5.75 Å². The number of methoxy groups -OCH3 is 1. The molecule has 2 aromatic rings.